The number of carbonyl (C=O) groups excluding carboxylic acids is 1. The van der Waals surface area contributed by atoms with Gasteiger partial charge in [0.15, 0.2) is 6.79 Å². The first-order valence-corrected chi connectivity index (χ1v) is 13.2. The molecule has 0 saturated heterocycles. The molecular weight excluding hydrogens is 494 g/mol. The molecule has 1 saturated carbocycles. The van der Waals surface area contributed by atoms with Gasteiger partial charge in [-0.25, -0.2) is 14.8 Å². The Morgan fingerprint density at radius 2 is 1.74 bits per heavy atom. The van der Waals surface area contributed by atoms with Crippen LogP contribution in [0, 0.1) is 0 Å². The van der Waals surface area contributed by atoms with E-state index in [0.29, 0.717) is 12.3 Å². The van der Waals surface area contributed by atoms with E-state index in [-0.39, 0.29) is 18.4 Å². The zero-order valence-electron chi connectivity index (χ0n) is 23.0. The van der Waals surface area contributed by atoms with E-state index in [9.17, 15) is 4.79 Å². The quantitative estimate of drug-likeness (QED) is 0.306. The van der Waals surface area contributed by atoms with Crippen LogP contribution < -0.4 is 4.74 Å². The van der Waals surface area contributed by atoms with Crippen LogP contribution in [0.1, 0.15) is 45.7 Å². The Morgan fingerprint density at radius 1 is 1.03 bits per heavy atom. The molecule has 4 aromatic rings. The smallest absolute Gasteiger partial charge is 0.411 e. The van der Waals surface area contributed by atoms with Crippen molar-refractivity contribution in [1.29, 1.82) is 0 Å². The predicted molar refractivity (Wildman–Crippen MR) is 149 cm³/mol. The molecule has 3 aromatic heterocycles. The summed E-state index contributed by atoms with van der Waals surface area (Å²) in [5.41, 5.74) is 5.54. The monoisotopic (exact) mass is 527 g/mol. The van der Waals surface area contributed by atoms with Crippen molar-refractivity contribution in [3.63, 3.8) is 0 Å². The maximum absolute atomic E-state index is 12.8. The summed E-state index contributed by atoms with van der Waals surface area (Å²) in [4.78, 5) is 24.6. The highest BCUT2D eigenvalue weighted by atomic mass is 16.7. The normalized spacial score (nSPS) is 16.5. The summed E-state index contributed by atoms with van der Waals surface area (Å²) < 4.78 is 18.5. The van der Waals surface area contributed by atoms with Crippen LogP contribution in [0.2, 0.25) is 0 Å². The van der Waals surface area contributed by atoms with Crippen molar-refractivity contribution in [2.75, 3.05) is 20.4 Å². The molecule has 6 rings (SSSR count). The molecule has 1 aliphatic carbocycles. The van der Waals surface area contributed by atoms with Gasteiger partial charge in [0, 0.05) is 43.9 Å². The molecule has 1 aliphatic heterocycles. The third-order valence-electron chi connectivity index (χ3n) is 7.25. The van der Waals surface area contributed by atoms with Gasteiger partial charge < -0.3 is 14.2 Å². The lowest BCUT2D eigenvalue weighted by Gasteiger charge is -2.36. The number of carbonyl (C=O) groups is 1. The number of amides is 1. The molecule has 0 N–H and O–H groups in total. The number of nitrogens with zero attached hydrogens (tertiary/aromatic N) is 5. The second-order valence-corrected chi connectivity index (χ2v) is 11.4. The fraction of sp³-hybridized carbons (Fsp3) is 0.400. The van der Waals surface area contributed by atoms with Crippen molar-refractivity contribution < 1.29 is 19.0 Å². The second kappa shape index (κ2) is 9.34. The Balaban J connectivity index is 1.29. The van der Waals surface area contributed by atoms with Crippen LogP contribution in [0.3, 0.4) is 0 Å². The molecule has 0 radical (unpaired) electrons. The van der Waals surface area contributed by atoms with Gasteiger partial charge in [-0.2, -0.15) is 5.10 Å². The number of pyridine rings is 2. The fourth-order valence-corrected chi connectivity index (χ4v) is 5.24. The van der Waals surface area contributed by atoms with Gasteiger partial charge in [0.2, 0.25) is 0 Å². The minimum atomic E-state index is -0.511. The number of rotatable bonds is 5. The van der Waals surface area contributed by atoms with Gasteiger partial charge in [-0.15, -0.1) is 0 Å². The minimum Gasteiger partial charge on any atom is -0.467 e. The van der Waals surface area contributed by atoms with Crippen LogP contribution in [0.4, 0.5) is 4.79 Å². The number of aromatic nitrogens is 4. The van der Waals surface area contributed by atoms with Crippen LogP contribution in [0.15, 0.2) is 48.7 Å². The van der Waals surface area contributed by atoms with E-state index in [2.05, 4.69) is 11.2 Å². The zero-order valence-corrected chi connectivity index (χ0v) is 23.0. The van der Waals surface area contributed by atoms with Gasteiger partial charge in [0.25, 0.3) is 0 Å². The predicted octanol–water partition coefficient (Wildman–Crippen LogP) is 5.72. The van der Waals surface area contributed by atoms with E-state index in [1.54, 1.807) is 11.8 Å². The van der Waals surface area contributed by atoms with E-state index < -0.39 is 5.60 Å². The average Bonchev–Trinajstić information content (AvgIpc) is 3.54. The number of aryl methyl sites for hydroxylation is 1. The summed E-state index contributed by atoms with van der Waals surface area (Å²) in [5.74, 6) is 0.663. The van der Waals surface area contributed by atoms with Crippen LogP contribution in [0.5, 0.6) is 5.75 Å². The van der Waals surface area contributed by atoms with E-state index >= 15 is 0 Å². The first kappa shape index (κ1) is 25.3. The Bertz CT molecular complexity index is 1610. The molecule has 202 valence electrons. The number of fused-ring (bicyclic) bond motifs is 2. The number of hydrogen-bond donors (Lipinski definition) is 0. The Labute approximate surface area is 227 Å². The SMILES string of the molecule is COCOc1cc2nn(C)cc2cc1-c1ccc2nc(C3=CCN(C(=O)OC(C)(C)C)C4(CC4)C3)ccc2n1. The Kier molecular flexibility index (Phi) is 6.06. The Morgan fingerprint density at radius 3 is 2.44 bits per heavy atom. The zero-order chi connectivity index (χ0) is 27.4. The molecule has 9 nitrogen and oxygen atoms in total. The van der Waals surface area contributed by atoms with Gasteiger partial charge in [0.05, 0.1) is 33.5 Å². The summed E-state index contributed by atoms with van der Waals surface area (Å²) in [6.45, 7) is 6.37. The molecule has 1 aromatic carbocycles. The van der Waals surface area contributed by atoms with Crippen molar-refractivity contribution in [1.82, 2.24) is 24.6 Å². The summed E-state index contributed by atoms with van der Waals surface area (Å²) in [7, 11) is 3.49. The summed E-state index contributed by atoms with van der Waals surface area (Å²) in [6, 6.07) is 12.0. The summed E-state index contributed by atoms with van der Waals surface area (Å²) in [6.07, 6.45) is 6.58. The first-order chi connectivity index (χ1) is 18.6. The second-order valence-electron chi connectivity index (χ2n) is 11.4. The minimum absolute atomic E-state index is 0.131. The average molecular weight is 528 g/mol. The number of hydrogen-bond acceptors (Lipinski definition) is 7. The number of benzene rings is 1. The summed E-state index contributed by atoms with van der Waals surface area (Å²) in [5, 5.41) is 5.50. The maximum atomic E-state index is 12.8. The van der Waals surface area contributed by atoms with Crippen LogP contribution in [0.25, 0.3) is 38.8 Å². The summed E-state index contributed by atoms with van der Waals surface area (Å²) >= 11 is 0. The molecule has 1 spiro atoms. The number of ether oxygens (including phenoxy) is 3. The molecule has 4 heterocycles. The van der Waals surface area contributed by atoms with Gasteiger partial charge in [-0.3, -0.25) is 9.58 Å². The van der Waals surface area contributed by atoms with Gasteiger partial charge in [-0.05, 0) is 75.9 Å². The van der Waals surface area contributed by atoms with E-state index in [1.807, 2.05) is 75.3 Å². The fourth-order valence-electron chi connectivity index (χ4n) is 5.24. The van der Waals surface area contributed by atoms with Gasteiger partial charge in [-0.1, -0.05) is 6.08 Å². The van der Waals surface area contributed by atoms with E-state index in [0.717, 1.165) is 63.7 Å². The van der Waals surface area contributed by atoms with E-state index in [1.165, 1.54) is 0 Å². The maximum Gasteiger partial charge on any atom is 0.411 e. The van der Waals surface area contributed by atoms with Crippen molar-refractivity contribution in [2.24, 2.45) is 7.05 Å². The standard InChI is InChI=1S/C30H33N5O4/c1-29(2,3)39-28(36)35-13-10-19(16-30(35)11-12-30)22-6-8-25-24(31-22)9-7-23(32-25)21-14-20-17-34(4)33-26(20)15-27(21)38-18-37-5/h6-10,14-15,17H,11-13,16,18H2,1-5H3. The highest BCUT2D eigenvalue weighted by Gasteiger charge is 2.52. The molecule has 39 heavy (non-hydrogen) atoms. The third kappa shape index (κ3) is 4.94. The lowest BCUT2D eigenvalue weighted by molar-refractivity contribution is 0.0152. The molecule has 1 amide bonds. The topological polar surface area (TPSA) is 91.6 Å². The lowest BCUT2D eigenvalue weighted by atomic mass is 9.95. The molecule has 0 atom stereocenters. The van der Waals surface area contributed by atoms with Crippen LogP contribution >= 0.6 is 0 Å². The van der Waals surface area contributed by atoms with Gasteiger partial charge >= 0.3 is 6.09 Å². The highest BCUT2D eigenvalue weighted by molar-refractivity contribution is 5.89. The molecule has 9 heteroatoms. The Hall–Kier alpha value is -3.98. The molecule has 1 fully saturated rings. The van der Waals surface area contributed by atoms with Crippen LogP contribution in [-0.4, -0.2) is 62.3 Å². The number of methoxy groups -OCH3 is 1. The van der Waals surface area contributed by atoms with Gasteiger partial charge in [0.1, 0.15) is 11.4 Å². The lowest BCUT2D eigenvalue weighted by Crippen LogP contribution is -2.47. The third-order valence-corrected chi connectivity index (χ3v) is 7.25. The molecule has 0 unspecified atom stereocenters. The molecule has 0 bridgehead atoms. The van der Waals surface area contributed by atoms with Crippen molar-refractivity contribution in [3.05, 3.63) is 54.4 Å². The van der Waals surface area contributed by atoms with Crippen LogP contribution in [-0.2, 0) is 16.5 Å². The highest BCUT2D eigenvalue weighted by Crippen LogP contribution is 2.50. The largest absolute Gasteiger partial charge is 0.467 e. The molecule has 2 aliphatic rings. The first-order valence-electron chi connectivity index (χ1n) is 13.2. The molecular formula is C30H33N5O4. The van der Waals surface area contributed by atoms with Crippen molar-refractivity contribution >= 4 is 33.6 Å². The van der Waals surface area contributed by atoms with Crippen molar-refractivity contribution in [3.8, 4) is 17.0 Å². The van der Waals surface area contributed by atoms with E-state index in [4.69, 9.17) is 24.2 Å². The van der Waals surface area contributed by atoms with Crippen molar-refractivity contribution in [2.45, 2.75) is 51.2 Å².